The van der Waals surface area contributed by atoms with E-state index in [0.717, 1.165) is 51.4 Å². The summed E-state index contributed by atoms with van der Waals surface area (Å²) in [5.41, 5.74) is 0. The molecule has 26 heavy (non-hydrogen) atoms. The summed E-state index contributed by atoms with van der Waals surface area (Å²) in [6.07, 6.45) is 8.44. The van der Waals surface area contributed by atoms with Gasteiger partial charge in [0.05, 0.1) is 0 Å². The predicted molar refractivity (Wildman–Crippen MR) is 89.2 cm³/mol. The van der Waals surface area contributed by atoms with Crippen molar-refractivity contribution in [3.05, 3.63) is 0 Å². The Bertz CT molecular complexity index is 277. The van der Waals surface area contributed by atoms with E-state index in [0.29, 0.717) is 12.8 Å². The molecule has 0 bridgehead atoms. The van der Waals surface area contributed by atoms with Crippen LogP contribution < -0.4 is 0 Å². The van der Waals surface area contributed by atoms with E-state index in [2.05, 4.69) is 33.4 Å². The zero-order valence-electron chi connectivity index (χ0n) is 15.7. The van der Waals surface area contributed by atoms with Gasteiger partial charge in [-0.05, 0) is 12.8 Å². The molecule has 0 aliphatic heterocycles. The van der Waals surface area contributed by atoms with Crippen LogP contribution in [0.15, 0.2) is 0 Å². The predicted octanol–water partition coefficient (Wildman–Crippen LogP) is 4.92. The summed E-state index contributed by atoms with van der Waals surface area (Å²) in [5.74, 6) is -4.73. The Balaban J connectivity index is 4.55. The summed E-state index contributed by atoms with van der Waals surface area (Å²) in [6, 6.07) is 0. The van der Waals surface area contributed by atoms with E-state index in [1.807, 2.05) is 0 Å². The van der Waals surface area contributed by atoms with Crippen LogP contribution in [-0.4, -0.2) is 33.0 Å². The molecule has 10 heteroatoms. The summed E-state index contributed by atoms with van der Waals surface area (Å²) in [5, 5.41) is 36.0. The van der Waals surface area contributed by atoms with E-state index >= 15 is 0 Å². The molecule has 0 saturated heterocycles. The lowest BCUT2D eigenvalue weighted by Crippen LogP contribution is -2.45. The average molecular weight is 386 g/mol. The Morgan fingerprint density at radius 1 is 0.500 bits per heavy atom. The van der Waals surface area contributed by atoms with Crippen molar-refractivity contribution in [3.8, 4) is 0 Å². The second-order valence-electron chi connectivity index (χ2n) is 6.23. The molecule has 0 rings (SSSR count). The highest BCUT2D eigenvalue weighted by atomic mass is 17.4. The summed E-state index contributed by atoms with van der Waals surface area (Å²) in [7, 11) is 0. The van der Waals surface area contributed by atoms with Gasteiger partial charge in [-0.2, -0.15) is 29.3 Å². The van der Waals surface area contributed by atoms with E-state index in [1.54, 1.807) is 0 Å². The molecule has 0 saturated carbocycles. The van der Waals surface area contributed by atoms with Crippen molar-refractivity contribution in [2.24, 2.45) is 0 Å². The quantitative estimate of drug-likeness (QED) is 0.105. The fraction of sp³-hybridized carbons (Fsp3) is 1.00. The molecule has 158 valence electrons. The van der Waals surface area contributed by atoms with Crippen molar-refractivity contribution in [2.75, 3.05) is 0 Å². The molecule has 10 nitrogen and oxygen atoms in total. The van der Waals surface area contributed by atoms with Crippen molar-refractivity contribution in [2.45, 2.75) is 103 Å². The van der Waals surface area contributed by atoms with Gasteiger partial charge in [-0.3, -0.25) is 0 Å². The van der Waals surface area contributed by atoms with Crippen molar-refractivity contribution < 1.29 is 50.4 Å². The molecule has 0 aliphatic carbocycles. The third-order valence-corrected chi connectivity index (χ3v) is 4.02. The third kappa shape index (κ3) is 10.1. The summed E-state index contributed by atoms with van der Waals surface area (Å²) in [6.45, 7) is 4.14. The van der Waals surface area contributed by atoms with Crippen molar-refractivity contribution in [1.82, 2.24) is 0 Å². The minimum atomic E-state index is -2.36. The van der Waals surface area contributed by atoms with Gasteiger partial charge in [0.1, 0.15) is 0 Å². The van der Waals surface area contributed by atoms with Crippen LogP contribution in [0.25, 0.3) is 0 Å². The van der Waals surface area contributed by atoms with Crippen LogP contribution in [0, 0.1) is 0 Å². The van der Waals surface area contributed by atoms with Crippen LogP contribution in [0.5, 0.6) is 0 Å². The Morgan fingerprint density at radius 2 is 0.808 bits per heavy atom. The van der Waals surface area contributed by atoms with Gasteiger partial charge in [0, 0.05) is 12.8 Å². The van der Waals surface area contributed by atoms with E-state index in [4.69, 9.17) is 30.8 Å². The molecule has 0 unspecified atom stereocenters. The van der Waals surface area contributed by atoms with Crippen molar-refractivity contribution in [3.63, 3.8) is 0 Å². The normalized spacial score (nSPS) is 12.7. The molecular weight excluding hydrogens is 352 g/mol. The molecule has 0 aromatic carbocycles. The van der Waals surface area contributed by atoms with Crippen LogP contribution in [0.4, 0.5) is 0 Å². The minimum Gasteiger partial charge on any atom is -0.246 e. The molecule has 0 aromatic heterocycles. The first-order valence-electron chi connectivity index (χ1n) is 9.24. The Morgan fingerprint density at radius 3 is 1.08 bits per heavy atom. The number of hydrogen-bond acceptors (Lipinski definition) is 10. The molecular formula is C16H34O10. The lowest BCUT2D eigenvalue weighted by molar-refractivity contribution is -0.692. The lowest BCUT2D eigenvalue weighted by Gasteiger charge is -2.30. The van der Waals surface area contributed by atoms with Gasteiger partial charge in [0.2, 0.25) is 0 Å². The Hall–Kier alpha value is -0.400. The van der Waals surface area contributed by atoms with E-state index in [9.17, 15) is 0 Å². The maximum Gasteiger partial charge on any atom is 0.365 e. The minimum absolute atomic E-state index is 0.0901. The second-order valence-corrected chi connectivity index (χ2v) is 6.23. The van der Waals surface area contributed by atoms with Gasteiger partial charge in [-0.1, -0.05) is 65.2 Å². The molecule has 0 aromatic rings. The third-order valence-electron chi connectivity index (χ3n) is 4.02. The highest BCUT2D eigenvalue weighted by molar-refractivity contribution is 4.57. The number of unbranched alkanes of at least 4 members (excludes halogenated alkanes) is 8. The van der Waals surface area contributed by atoms with Gasteiger partial charge < -0.3 is 0 Å². The molecule has 0 radical (unpaired) electrons. The highest BCUT2D eigenvalue weighted by Crippen LogP contribution is 2.28. The molecule has 0 aliphatic rings. The fourth-order valence-corrected chi connectivity index (χ4v) is 2.38. The molecule has 0 fully saturated rings. The first-order chi connectivity index (χ1) is 12.6. The topological polar surface area (TPSA) is 136 Å². The first-order valence-corrected chi connectivity index (χ1v) is 9.24. The Labute approximate surface area is 154 Å². The molecule has 0 atom stereocenters. The summed E-state index contributed by atoms with van der Waals surface area (Å²) in [4.78, 5) is 25.7. The molecule has 0 spiro atoms. The zero-order valence-corrected chi connectivity index (χ0v) is 15.7. The highest BCUT2D eigenvalue weighted by Gasteiger charge is 2.44. The van der Waals surface area contributed by atoms with Crippen LogP contribution >= 0.6 is 0 Å². The molecule has 0 heterocycles. The first kappa shape index (κ1) is 25.6. The Kier molecular flexibility index (Phi) is 15.4. The van der Waals surface area contributed by atoms with Crippen molar-refractivity contribution >= 4 is 0 Å². The average Bonchev–Trinajstić information content (AvgIpc) is 2.68. The van der Waals surface area contributed by atoms with Gasteiger partial charge in [-0.15, -0.1) is 0 Å². The van der Waals surface area contributed by atoms with Crippen LogP contribution in [0.3, 0.4) is 0 Å². The second kappa shape index (κ2) is 15.6. The number of hydrogen-bond donors (Lipinski definition) is 4. The number of rotatable bonds is 19. The van der Waals surface area contributed by atoms with Gasteiger partial charge in [0.25, 0.3) is 0 Å². The standard InChI is InChI=1S/C16H34O10/c1-3-5-7-9-11-13-15(21-17,22-18)25-26-16(23-19,24-20)14-12-10-8-6-4-2/h17-20H,3-14H2,1-2H3. The fourth-order valence-electron chi connectivity index (χ4n) is 2.38. The van der Waals surface area contributed by atoms with Crippen LogP contribution in [-0.2, 0) is 29.3 Å². The maximum absolute atomic E-state index is 9.00. The van der Waals surface area contributed by atoms with Gasteiger partial charge in [0.15, 0.2) is 0 Å². The summed E-state index contributed by atoms with van der Waals surface area (Å²) < 4.78 is 0. The lowest BCUT2D eigenvalue weighted by atomic mass is 10.1. The van der Waals surface area contributed by atoms with E-state index in [1.165, 1.54) is 0 Å². The largest absolute Gasteiger partial charge is 0.365 e. The SMILES string of the molecule is CCCCCCCC(OO)(OO)OOC(CCCCCCC)(OO)OO. The monoisotopic (exact) mass is 386 g/mol. The maximum atomic E-state index is 9.00. The van der Waals surface area contributed by atoms with Crippen LogP contribution in [0.1, 0.15) is 90.9 Å². The molecule has 0 amide bonds. The van der Waals surface area contributed by atoms with E-state index in [-0.39, 0.29) is 12.8 Å². The van der Waals surface area contributed by atoms with Gasteiger partial charge in [-0.25, -0.2) is 21.0 Å². The van der Waals surface area contributed by atoms with Crippen LogP contribution in [0.2, 0.25) is 0 Å². The van der Waals surface area contributed by atoms with Gasteiger partial charge >= 0.3 is 11.9 Å². The molecule has 4 N–H and O–H groups in total. The smallest absolute Gasteiger partial charge is 0.246 e. The zero-order chi connectivity index (χ0) is 19.7. The van der Waals surface area contributed by atoms with E-state index < -0.39 is 11.9 Å². The van der Waals surface area contributed by atoms with Crippen molar-refractivity contribution in [1.29, 1.82) is 0 Å². The summed E-state index contributed by atoms with van der Waals surface area (Å²) >= 11 is 0.